The molecule has 0 spiro atoms. The van der Waals surface area contributed by atoms with E-state index in [1.54, 1.807) is 13.2 Å². The van der Waals surface area contributed by atoms with Gasteiger partial charge in [0.2, 0.25) is 0 Å². The van der Waals surface area contributed by atoms with Gasteiger partial charge in [0.1, 0.15) is 18.0 Å². The Hall–Kier alpha value is -2.71. The van der Waals surface area contributed by atoms with Gasteiger partial charge in [0, 0.05) is 31.0 Å². The summed E-state index contributed by atoms with van der Waals surface area (Å²) < 4.78 is 12.8. The molecule has 4 rings (SSSR count). The van der Waals surface area contributed by atoms with Gasteiger partial charge in [-0.2, -0.15) is 0 Å². The fourth-order valence-corrected chi connectivity index (χ4v) is 3.72. The fourth-order valence-electron chi connectivity index (χ4n) is 3.72. The highest BCUT2D eigenvalue weighted by molar-refractivity contribution is 5.96. The van der Waals surface area contributed by atoms with Crippen LogP contribution in [0.4, 0.5) is 0 Å². The van der Waals surface area contributed by atoms with Crippen LogP contribution in [0.2, 0.25) is 0 Å². The van der Waals surface area contributed by atoms with Crippen LogP contribution in [0.25, 0.3) is 11.0 Å². The molecular formula is C20H24N4O4. The number of fused-ring (bicyclic) bond motifs is 1. The van der Waals surface area contributed by atoms with Crippen LogP contribution in [-0.2, 0) is 17.9 Å². The van der Waals surface area contributed by atoms with Crippen molar-refractivity contribution in [3.63, 3.8) is 0 Å². The zero-order valence-electron chi connectivity index (χ0n) is 16.0. The highest BCUT2D eigenvalue weighted by Crippen LogP contribution is 2.36. The van der Waals surface area contributed by atoms with Crippen LogP contribution in [0.15, 0.2) is 28.7 Å². The van der Waals surface area contributed by atoms with E-state index in [9.17, 15) is 9.90 Å². The molecule has 0 aliphatic heterocycles. The highest BCUT2D eigenvalue weighted by atomic mass is 16.5. The van der Waals surface area contributed by atoms with Crippen LogP contribution in [0.1, 0.15) is 46.5 Å². The van der Waals surface area contributed by atoms with Gasteiger partial charge in [-0.05, 0) is 31.4 Å². The number of nitrogens with one attached hydrogen (secondary N) is 1. The molecule has 0 atom stereocenters. The number of carbonyl (C=O) groups excluding carboxylic acids is 1. The first kappa shape index (κ1) is 18.6. The third-order valence-corrected chi connectivity index (χ3v) is 5.32. The average molecular weight is 384 g/mol. The number of hydrogen-bond donors (Lipinski definition) is 2. The van der Waals surface area contributed by atoms with Gasteiger partial charge in [0.15, 0.2) is 11.6 Å². The number of ether oxygens (including phenoxy) is 1. The lowest BCUT2D eigenvalue weighted by atomic mass is 9.79. The molecule has 1 aliphatic carbocycles. The number of rotatable bonds is 7. The third-order valence-electron chi connectivity index (χ3n) is 5.32. The number of benzene rings is 1. The molecule has 8 heteroatoms. The second kappa shape index (κ2) is 7.73. The number of para-hydroxylation sites is 1. The maximum Gasteiger partial charge on any atom is 0.287 e. The molecule has 1 amide bonds. The number of amides is 1. The fraction of sp³-hybridized carbons (Fsp3) is 0.450. The molecule has 2 aromatic heterocycles. The first-order chi connectivity index (χ1) is 13.6. The number of aromatic nitrogens is 3. The number of hydrogen-bond acceptors (Lipinski definition) is 6. The zero-order valence-corrected chi connectivity index (χ0v) is 16.0. The maximum atomic E-state index is 12.5. The summed E-state index contributed by atoms with van der Waals surface area (Å²) in [5.74, 6) is 1.71. The van der Waals surface area contributed by atoms with Crippen molar-refractivity contribution in [2.75, 3.05) is 13.7 Å². The van der Waals surface area contributed by atoms with Crippen LogP contribution in [0.3, 0.4) is 0 Å². The number of aryl methyl sites for hydroxylation is 1. The number of nitrogens with zero attached hydrogens (tertiary/aromatic N) is 3. The molecule has 0 unspecified atom stereocenters. The molecule has 1 fully saturated rings. The lowest BCUT2D eigenvalue weighted by Gasteiger charge is -2.35. The Labute approximate surface area is 162 Å². The summed E-state index contributed by atoms with van der Waals surface area (Å²) in [6, 6.07) is 7.70. The molecule has 0 radical (unpaired) electrons. The predicted molar refractivity (Wildman–Crippen MR) is 102 cm³/mol. The summed E-state index contributed by atoms with van der Waals surface area (Å²) in [7, 11) is 1.64. The van der Waals surface area contributed by atoms with Crippen molar-refractivity contribution in [1.82, 2.24) is 20.1 Å². The number of methoxy groups -OCH3 is 1. The molecule has 8 nitrogen and oxygen atoms in total. The lowest BCUT2D eigenvalue weighted by Crippen LogP contribution is -2.44. The monoisotopic (exact) mass is 384 g/mol. The standard InChI is InChI=1S/C20H24N4O4/c1-12-4-3-5-13-10-16(28-18(12)13)20(26)21-15-8-14(9-15)19-23-22-17(11-25)24(19)6-7-27-2/h3-5,10,14-15,25H,6-9,11H2,1-2H3,(H,21,26). The van der Waals surface area contributed by atoms with Crippen molar-refractivity contribution in [2.24, 2.45) is 0 Å². The van der Waals surface area contributed by atoms with Gasteiger partial charge in [-0.25, -0.2) is 0 Å². The molecule has 1 saturated carbocycles. The van der Waals surface area contributed by atoms with Crippen molar-refractivity contribution < 1.29 is 19.1 Å². The maximum absolute atomic E-state index is 12.5. The van der Waals surface area contributed by atoms with Crippen LogP contribution in [0.5, 0.6) is 0 Å². The minimum atomic E-state index is -0.198. The van der Waals surface area contributed by atoms with Crippen LogP contribution in [-0.4, -0.2) is 45.5 Å². The van der Waals surface area contributed by atoms with E-state index in [1.807, 2.05) is 29.7 Å². The first-order valence-corrected chi connectivity index (χ1v) is 9.42. The third kappa shape index (κ3) is 3.41. The summed E-state index contributed by atoms with van der Waals surface area (Å²) in [6.07, 6.45) is 1.56. The van der Waals surface area contributed by atoms with E-state index in [-0.39, 0.29) is 24.5 Å². The Kier molecular flexibility index (Phi) is 5.15. The van der Waals surface area contributed by atoms with E-state index in [1.165, 1.54) is 0 Å². The first-order valence-electron chi connectivity index (χ1n) is 9.42. The predicted octanol–water partition coefficient (Wildman–Crippen LogP) is 2.15. The normalized spacial score (nSPS) is 19.0. The summed E-state index contributed by atoms with van der Waals surface area (Å²) in [6.45, 7) is 2.93. The average Bonchev–Trinajstić information content (AvgIpc) is 3.27. The molecular weight excluding hydrogens is 360 g/mol. The summed E-state index contributed by atoms with van der Waals surface area (Å²) in [5, 5.41) is 21.7. The van der Waals surface area contributed by atoms with E-state index < -0.39 is 0 Å². The largest absolute Gasteiger partial charge is 0.451 e. The molecule has 2 N–H and O–H groups in total. The van der Waals surface area contributed by atoms with Gasteiger partial charge in [-0.15, -0.1) is 10.2 Å². The molecule has 1 aliphatic rings. The Morgan fingerprint density at radius 2 is 2.21 bits per heavy atom. The highest BCUT2D eigenvalue weighted by Gasteiger charge is 2.35. The lowest BCUT2D eigenvalue weighted by molar-refractivity contribution is 0.0880. The molecule has 0 saturated heterocycles. The van der Waals surface area contributed by atoms with Crippen LogP contribution >= 0.6 is 0 Å². The van der Waals surface area contributed by atoms with Crippen molar-refractivity contribution in [3.8, 4) is 0 Å². The van der Waals surface area contributed by atoms with Crippen LogP contribution < -0.4 is 5.32 Å². The van der Waals surface area contributed by atoms with Gasteiger partial charge in [0.25, 0.3) is 5.91 Å². The Morgan fingerprint density at radius 1 is 1.39 bits per heavy atom. The molecule has 3 aromatic rings. The minimum absolute atomic E-state index is 0.0666. The Balaban J connectivity index is 1.39. The Bertz CT molecular complexity index is 987. The zero-order chi connectivity index (χ0) is 19.7. The van der Waals surface area contributed by atoms with Gasteiger partial charge >= 0.3 is 0 Å². The topological polar surface area (TPSA) is 102 Å². The molecule has 28 heavy (non-hydrogen) atoms. The smallest absolute Gasteiger partial charge is 0.287 e. The number of carbonyl (C=O) groups is 1. The van der Waals surface area contributed by atoms with Gasteiger partial charge in [0.05, 0.1) is 6.61 Å². The van der Waals surface area contributed by atoms with E-state index >= 15 is 0 Å². The second-order valence-corrected chi connectivity index (χ2v) is 7.22. The van der Waals surface area contributed by atoms with E-state index in [0.717, 1.165) is 35.2 Å². The molecule has 0 bridgehead atoms. The van der Waals surface area contributed by atoms with Crippen molar-refractivity contribution >= 4 is 16.9 Å². The van der Waals surface area contributed by atoms with Crippen molar-refractivity contribution in [1.29, 1.82) is 0 Å². The molecule has 148 valence electrons. The molecule has 1 aromatic carbocycles. The van der Waals surface area contributed by atoms with E-state index in [2.05, 4.69) is 15.5 Å². The summed E-state index contributed by atoms with van der Waals surface area (Å²) >= 11 is 0. The van der Waals surface area contributed by atoms with Gasteiger partial charge < -0.3 is 24.1 Å². The number of furan rings is 1. The number of aliphatic hydroxyl groups is 1. The quantitative estimate of drug-likeness (QED) is 0.647. The molecule has 2 heterocycles. The van der Waals surface area contributed by atoms with E-state index in [0.29, 0.717) is 24.7 Å². The SMILES string of the molecule is COCCn1c(CO)nnc1C1CC(NC(=O)c2cc3cccc(C)c3o2)C1. The summed E-state index contributed by atoms with van der Waals surface area (Å²) in [4.78, 5) is 12.5. The van der Waals surface area contributed by atoms with E-state index in [4.69, 9.17) is 9.15 Å². The summed E-state index contributed by atoms with van der Waals surface area (Å²) in [5.41, 5.74) is 1.76. The van der Waals surface area contributed by atoms with Gasteiger partial charge in [-0.1, -0.05) is 18.2 Å². The van der Waals surface area contributed by atoms with Crippen molar-refractivity contribution in [3.05, 3.63) is 47.2 Å². The van der Waals surface area contributed by atoms with Crippen molar-refractivity contribution in [2.45, 2.75) is 44.9 Å². The second-order valence-electron chi connectivity index (χ2n) is 7.22. The van der Waals surface area contributed by atoms with Gasteiger partial charge in [-0.3, -0.25) is 4.79 Å². The van der Waals surface area contributed by atoms with Crippen LogP contribution in [0, 0.1) is 6.92 Å². The Morgan fingerprint density at radius 3 is 2.93 bits per heavy atom. The minimum Gasteiger partial charge on any atom is -0.451 e. The number of aliphatic hydroxyl groups excluding tert-OH is 1.